The molecule has 1 aliphatic carbocycles. The average molecular weight is 180 g/mol. The second-order valence-corrected chi connectivity index (χ2v) is 3.70. The first-order valence-electron chi connectivity index (χ1n) is 5.01. The second-order valence-electron chi connectivity index (χ2n) is 3.70. The Morgan fingerprint density at radius 1 is 1.38 bits per heavy atom. The molecule has 0 heterocycles. The molecule has 0 aromatic heterocycles. The molecule has 0 aliphatic heterocycles. The molecule has 1 N–H and O–H groups in total. The van der Waals surface area contributed by atoms with E-state index in [1.807, 2.05) is 0 Å². The monoisotopic (exact) mass is 180 g/mol. The zero-order chi connectivity index (χ0) is 9.52. The Kier molecular flexibility index (Phi) is 4.31. The fraction of sp³-hybridized carbons (Fsp3) is 0.800. The number of nitrogens with zero attached hydrogens (tertiary/aromatic N) is 1. The maximum atomic E-state index is 11.0. The van der Waals surface area contributed by atoms with Gasteiger partial charge in [-0.15, -0.1) is 0 Å². The zero-order valence-electron chi connectivity index (χ0n) is 7.88. The number of hydrogen-bond donors (Lipinski definition) is 1. The van der Waals surface area contributed by atoms with Gasteiger partial charge in [-0.1, -0.05) is 32.1 Å². The van der Waals surface area contributed by atoms with Crippen molar-refractivity contribution in [3.05, 3.63) is 0 Å². The van der Waals surface area contributed by atoms with Crippen LogP contribution in [0.25, 0.3) is 0 Å². The van der Waals surface area contributed by atoms with Crippen LogP contribution in [0.2, 0.25) is 0 Å². The predicted molar refractivity (Wildman–Crippen MR) is 49.6 cm³/mol. The van der Waals surface area contributed by atoms with Gasteiger partial charge in [0.25, 0.3) is 0 Å². The minimum absolute atomic E-state index is 0.131. The molecule has 0 bridgehead atoms. The van der Waals surface area contributed by atoms with E-state index in [-0.39, 0.29) is 5.91 Å². The standard InChI is InChI=1S/C10H16N2O/c11-8-12-10(13)7-6-9-4-2-1-3-5-9/h9H,1-7H2,(H,12,13). The van der Waals surface area contributed by atoms with Crippen molar-refractivity contribution in [1.29, 1.82) is 5.26 Å². The molecule has 0 saturated heterocycles. The van der Waals surface area contributed by atoms with E-state index in [9.17, 15) is 4.79 Å². The van der Waals surface area contributed by atoms with Gasteiger partial charge in [-0.25, -0.2) is 0 Å². The Labute approximate surface area is 79.1 Å². The number of carbonyl (C=O) groups is 1. The molecule has 1 saturated carbocycles. The Hall–Kier alpha value is -1.04. The third-order valence-corrected chi connectivity index (χ3v) is 2.70. The highest BCUT2D eigenvalue weighted by atomic mass is 16.1. The van der Waals surface area contributed by atoms with Gasteiger partial charge >= 0.3 is 0 Å². The lowest BCUT2D eigenvalue weighted by Gasteiger charge is -2.20. The molecule has 0 unspecified atom stereocenters. The van der Waals surface area contributed by atoms with Crippen LogP contribution in [0.5, 0.6) is 0 Å². The summed E-state index contributed by atoms with van der Waals surface area (Å²) >= 11 is 0. The van der Waals surface area contributed by atoms with Gasteiger partial charge in [0.1, 0.15) is 0 Å². The van der Waals surface area contributed by atoms with E-state index in [0.717, 1.165) is 12.3 Å². The topological polar surface area (TPSA) is 52.9 Å². The molecule has 13 heavy (non-hydrogen) atoms. The van der Waals surface area contributed by atoms with Crippen molar-refractivity contribution in [3.8, 4) is 6.19 Å². The molecule has 3 nitrogen and oxygen atoms in total. The Morgan fingerprint density at radius 3 is 2.69 bits per heavy atom. The molecule has 1 rings (SSSR count). The summed E-state index contributed by atoms with van der Waals surface area (Å²) in [5.41, 5.74) is 0. The highest BCUT2D eigenvalue weighted by molar-refractivity contribution is 5.77. The van der Waals surface area contributed by atoms with Crippen LogP contribution >= 0.6 is 0 Å². The molecular weight excluding hydrogens is 164 g/mol. The van der Waals surface area contributed by atoms with E-state index in [2.05, 4.69) is 5.32 Å². The van der Waals surface area contributed by atoms with Gasteiger partial charge in [-0.05, 0) is 12.3 Å². The van der Waals surface area contributed by atoms with Gasteiger partial charge in [-0.2, -0.15) is 5.26 Å². The molecule has 0 spiro atoms. The van der Waals surface area contributed by atoms with Crippen LogP contribution in [0.3, 0.4) is 0 Å². The van der Waals surface area contributed by atoms with E-state index < -0.39 is 0 Å². The highest BCUT2D eigenvalue weighted by Crippen LogP contribution is 2.26. The molecule has 72 valence electrons. The summed E-state index contributed by atoms with van der Waals surface area (Å²) in [7, 11) is 0. The van der Waals surface area contributed by atoms with E-state index in [1.165, 1.54) is 32.1 Å². The Morgan fingerprint density at radius 2 is 2.08 bits per heavy atom. The van der Waals surface area contributed by atoms with Gasteiger partial charge in [0, 0.05) is 6.42 Å². The molecule has 0 aromatic rings. The lowest BCUT2D eigenvalue weighted by Crippen LogP contribution is -2.18. The van der Waals surface area contributed by atoms with Gasteiger partial charge in [0.2, 0.25) is 5.91 Å². The van der Waals surface area contributed by atoms with Crippen LogP contribution in [0.1, 0.15) is 44.9 Å². The number of rotatable bonds is 3. The number of nitriles is 1. The van der Waals surface area contributed by atoms with Crippen molar-refractivity contribution in [2.24, 2.45) is 5.92 Å². The summed E-state index contributed by atoms with van der Waals surface area (Å²) in [5, 5.41) is 10.3. The molecule has 0 aromatic carbocycles. The third-order valence-electron chi connectivity index (χ3n) is 2.70. The second kappa shape index (κ2) is 5.58. The lowest BCUT2D eigenvalue weighted by molar-refractivity contribution is -0.120. The smallest absolute Gasteiger partial charge is 0.232 e. The summed E-state index contributed by atoms with van der Waals surface area (Å²) in [4.78, 5) is 11.0. The first-order chi connectivity index (χ1) is 6.33. The van der Waals surface area contributed by atoms with Crippen molar-refractivity contribution < 1.29 is 4.79 Å². The van der Waals surface area contributed by atoms with E-state index in [1.54, 1.807) is 6.19 Å². The molecule has 3 heteroatoms. The summed E-state index contributed by atoms with van der Waals surface area (Å²) in [5.74, 6) is 0.589. The first-order valence-corrected chi connectivity index (χ1v) is 5.01. The van der Waals surface area contributed by atoms with Gasteiger partial charge in [0.15, 0.2) is 6.19 Å². The third kappa shape index (κ3) is 3.93. The summed E-state index contributed by atoms with van der Waals surface area (Å²) in [6.45, 7) is 0. The van der Waals surface area contributed by atoms with Crippen molar-refractivity contribution in [2.75, 3.05) is 0 Å². The van der Waals surface area contributed by atoms with Crippen LogP contribution in [0, 0.1) is 17.4 Å². The summed E-state index contributed by atoms with van der Waals surface area (Å²) in [6.07, 6.45) is 9.62. The average Bonchev–Trinajstić information content (AvgIpc) is 2.17. The SMILES string of the molecule is N#CNC(=O)CCC1CCCCC1. The van der Waals surface area contributed by atoms with E-state index >= 15 is 0 Å². The summed E-state index contributed by atoms with van der Waals surface area (Å²) in [6, 6.07) is 0. The van der Waals surface area contributed by atoms with Crippen LogP contribution in [0.4, 0.5) is 0 Å². The number of amides is 1. The van der Waals surface area contributed by atoms with E-state index in [0.29, 0.717) is 6.42 Å². The quantitative estimate of drug-likeness (QED) is 0.533. The van der Waals surface area contributed by atoms with Crippen molar-refractivity contribution in [1.82, 2.24) is 5.32 Å². The molecule has 0 atom stereocenters. The Balaban J connectivity index is 2.10. The van der Waals surface area contributed by atoms with Gasteiger partial charge < -0.3 is 0 Å². The van der Waals surface area contributed by atoms with Gasteiger partial charge in [-0.3, -0.25) is 10.1 Å². The minimum Gasteiger partial charge on any atom is -0.274 e. The molecule has 1 aliphatic rings. The Bertz CT molecular complexity index is 201. The first kappa shape index (κ1) is 10.0. The number of hydrogen-bond acceptors (Lipinski definition) is 2. The van der Waals surface area contributed by atoms with Crippen LogP contribution in [-0.4, -0.2) is 5.91 Å². The zero-order valence-corrected chi connectivity index (χ0v) is 7.88. The predicted octanol–water partition coefficient (Wildman–Crippen LogP) is 1.94. The fourth-order valence-electron chi connectivity index (χ4n) is 1.94. The van der Waals surface area contributed by atoms with Gasteiger partial charge in [0.05, 0.1) is 0 Å². The maximum Gasteiger partial charge on any atom is 0.232 e. The molecule has 1 amide bonds. The fourth-order valence-corrected chi connectivity index (χ4v) is 1.94. The summed E-state index contributed by atoms with van der Waals surface area (Å²) < 4.78 is 0. The lowest BCUT2D eigenvalue weighted by atomic mass is 9.86. The number of nitrogens with one attached hydrogen (secondary N) is 1. The minimum atomic E-state index is -0.131. The number of carbonyl (C=O) groups excluding carboxylic acids is 1. The van der Waals surface area contributed by atoms with Crippen LogP contribution in [-0.2, 0) is 4.79 Å². The van der Waals surface area contributed by atoms with E-state index in [4.69, 9.17) is 5.26 Å². The maximum absolute atomic E-state index is 11.0. The van der Waals surface area contributed by atoms with Crippen molar-refractivity contribution in [3.63, 3.8) is 0 Å². The van der Waals surface area contributed by atoms with Crippen LogP contribution < -0.4 is 5.32 Å². The normalized spacial score (nSPS) is 17.8. The van der Waals surface area contributed by atoms with Crippen LogP contribution in [0.15, 0.2) is 0 Å². The van der Waals surface area contributed by atoms with Crippen molar-refractivity contribution >= 4 is 5.91 Å². The van der Waals surface area contributed by atoms with Crippen molar-refractivity contribution in [2.45, 2.75) is 44.9 Å². The largest absolute Gasteiger partial charge is 0.274 e. The molecular formula is C10H16N2O. The molecule has 1 fully saturated rings. The highest BCUT2D eigenvalue weighted by Gasteiger charge is 2.14. The molecule has 0 radical (unpaired) electrons.